The van der Waals surface area contributed by atoms with Gasteiger partial charge in [0.05, 0.1) is 6.10 Å². The van der Waals surface area contributed by atoms with Gasteiger partial charge in [-0.05, 0) is 64.3 Å². The first-order valence-corrected chi connectivity index (χ1v) is 8.11. The van der Waals surface area contributed by atoms with Gasteiger partial charge in [-0.2, -0.15) is 0 Å². The van der Waals surface area contributed by atoms with Crippen LogP contribution in [0.4, 0.5) is 0 Å². The van der Waals surface area contributed by atoms with Crippen LogP contribution in [0, 0.1) is 20.8 Å². The number of aliphatic hydroxyl groups excluding tert-OH is 1. The van der Waals surface area contributed by atoms with E-state index in [9.17, 15) is 5.11 Å². The van der Waals surface area contributed by atoms with Crippen LogP contribution in [-0.4, -0.2) is 43.6 Å². The maximum absolute atomic E-state index is 9.99. The summed E-state index contributed by atoms with van der Waals surface area (Å²) in [5, 5.41) is 13.2. The fourth-order valence-electron chi connectivity index (χ4n) is 2.17. The van der Waals surface area contributed by atoms with E-state index in [-0.39, 0.29) is 6.10 Å². The van der Waals surface area contributed by atoms with Gasteiger partial charge in [-0.1, -0.05) is 12.1 Å². The number of hydrogen-bond donors (Lipinski definition) is 2. The molecule has 0 amide bonds. The van der Waals surface area contributed by atoms with Gasteiger partial charge >= 0.3 is 0 Å². The molecule has 1 aromatic carbocycles. The molecule has 0 aliphatic heterocycles. The maximum atomic E-state index is 9.99. The predicted molar refractivity (Wildman–Crippen MR) is 90.7 cm³/mol. The minimum Gasteiger partial charge on any atom is -0.490 e. The van der Waals surface area contributed by atoms with Gasteiger partial charge in [0.25, 0.3) is 0 Å². The molecule has 4 nitrogen and oxygen atoms in total. The van der Waals surface area contributed by atoms with Gasteiger partial charge in [-0.15, -0.1) is 0 Å². The fraction of sp³-hybridized carbons (Fsp3) is 0.667. The quantitative estimate of drug-likeness (QED) is 0.653. The predicted octanol–water partition coefficient (Wildman–Crippen LogP) is 2.76. The van der Waals surface area contributed by atoms with Crippen LogP contribution < -0.4 is 10.1 Å². The van der Waals surface area contributed by atoms with Crippen molar-refractivity contribution in [3.05, 3.63) is 28.8 Å². The van der Waals surface area contributed by atoms with Crippen molar-refractivity contribution in [2.75, 3.05) is 26.3 Å². The van der Waals surface area contributed by atoms with Crippen molar-refractivity contribution in [2.24, 2.45) is 0 Å². The Bertz CT molecular complexity index is 446. The average molecular weight is 309 g/mol. The van der Waals surface area contributed by atoms with Gasteiger partial charge in [0.2, 0.25) is 0 Å². The molecule has 1 rings (SSSR count). The Balaban J connectivity index is 2.24. The highest BCUT2D eigenvalue weighted by Gasteiger charge is 2.10. The highest BCUT2D eigenvalue weighted by Crippen LogP contribution is 2.25. The summed E-state index contributed by atoms with van der Waals surface area (Å²) >= 11 is 0. The third-order valence-electron chi connectivity index (χ3n) is 3.62. The molecule has 0 radical (unpaired) electrons. The number of benzene rings is 1. The second-order valence-corrected chi connectivity index (χ2v) is 6.10. The molecule has 0 aliphatic rings. The SMILES string of the molecule is Cc1ccc(C)c(OC[C@@H](O)CNCCCOC(C)C)c1C. The Morgan fingerprint density at radius 3 is 2.50 bits per heavy atom. The van der Waals surface area contributed by atoms with E-state index in [1.807, 2.05) is 20.8 Å². The number of aryl methyl sites for hydroxylation is 2. The number of nitrogens with one attached hydrogen (secondary N) is 1. The van der Waals surface area contributed by atoms with Crippen molar-refractivity contribution >= 4 is 0 Å². The van der Waals surface area contributed by atoms with E-state index in [2.05, 4.69) is 31.3 Å². The first-order chi connectivity index (χ1) is 10.4. The Morgan fingerprint density at radius 1 is 1.14 bits per heavy atom. The second kappa shape index (κ2) is 9.82. The van der Waals surface area contributed by atoms with Gasteiger partial charge in [0.1, 0.15) is 18.5 Å². The lowest BCUT2D eigenvalue weighted by Crippen LogP contribution is -2.32. The Morgan fingerprint density at radius 2 is 1.82 bits per heavy atom. The number of ether oxygens (including phenoxy) is 2. The number of aliphatic hydroxyl groups is 1. The summed E-state index contributed by atoms with van der Waals surface area (Å²) in [7, 11) is 0. The molecule has 4 heteroatoms. The summed E-state index contributed by atoms with van der Waals surface area (Å²) in [6, 6.07) is 4.14. The summed E-state index contributed by atoms with van der Waals surface area (Å²) < 4.78 is 11.3. The lowest BCUT2D eigenvalue weighted by molar-refractivity contribution is 0.0748. The summed E-state index contributed by atoms with van der Waals surface area (Å²) in [4.78, 5) is 0. The standard InChI is InChI=1S/C18H31NO3/c1-13(2)21-10-6-9-19-11-17(20)12-22-18-15(4)8-7-14(3)16(18)5/h7-8,13,17,19-20H,6,9-12H2,1-5H3/t17-/m0/s1. The summed E-state index contributed by atoms with van der Waals surface area (Å²) in [5.41, 5.74) is 3.46. The van der Waals surface area contributed by atoms with Crippen LogP contribution in [0.5, 0.6) is 5.75 Å². The van der Waals surface area contributed by atoms with Crippen LogP contribution in [0.2, 0.25) is 0 Å². The van der Waals surface area contributed by atoms with E-state index in [1.54, 1.807) is 0 Å². The highest BCUT2D eigenvalue weighted by molar-refractivity contribution is 5.44. The van der Waals surface area contributed by atoms with Crippen molar-refractivity contribution in [2.45, 2.75) is 53.2 Å². The Hall–Kier alpha value is -1.10. The van der Waals surface area contributed by atoms with E-state index in [4.69, 9.17) is 9.47 Å². The lowest BCUT2D eigenvalue weighted by atomic mass is 10.1. The van der Waals surface area contributed by atoms with E-state index in [1.165, 1.54) is 5.56 Å². The highest BCUT2D eigenvalue weighted by atomic mass is 16.5. The molecule has 0 heterocycles. The maximum Gasteiger partial charge on any atom is 0.125 e. The zero-order valence-corrected chi connectivity index (χ0v) is 14.6. The number of rotatable bonds is 10. The Kier molecular flexibility index (Phi) is 8.46. The van der Waals surface area contributed by atoms with Crippen LogP contribution in [0.1, 0.15) is 37.0 Å². The third kappa shape index (κ3) is 6.77. The van der Waals surface area contributed by atoms with Gasteiger partial charge < -0.3 is 19.9 Å². The molecule has 0 saturated carbocycles. The second-order valence-electron chi connectivity index (χ2n) is 6.10. The van der Waals surface area contributed by atoms with Gasteiger partial charge in [-0.25, -0.2) is 0 Å². The van der Waals surface area contributed by atoms with Crippen molar-refractivity contribution in [3.8, 4) is 5.75 Å². The molecule has 0 saturated heterocycles. The molecule has 0 bridgehead atoms. The van der Waals surface area contributed by atoms with Crippen molar-refractivity contribution < 1.29 is 14.6 Å². The third-order valence-corrected chi connectivity index (χ3v) is 3.62. The normalized spacial score (nSPS) is 12.7. The topological polar surface area (TPSA) is 50.7 Å². The average Bonchev–Trinajstić information content (AvgIpc) is 2.46. The minimum atomic E-state index is -0.509. The van der Waals surface area contributed by atoms with Crippen LogP contribution in [0.25, 0.3) is 0 Å². The molecule has 1 aromatic rings. The molecule has 0 fully saturated rings. The first kappa shape index (κ1) is 18.9. The molecule has 126 valence electrons. The van der Waals surface area contributed by atoms with E-state index < -0.39 is 6.10 Å². The van der Waals surface area contributed by atoms with Crippen LogP contribution in [-0.2, 0) is 4.74 Å². The van der Waals surface area contributed by atoms with E-state index >= 15 is 0 Å². The van der Waals surface area contributed by atoms with Gasteiger partial charge in [-0.3, -0.25) is 0 Å². The van der Waals surface area contributed by atoms with E-state index in [0.29, 0.717) is 13.2 Å². The summed E-state index contributed by atoms with van der Waals surface area (Å²) in [5.74, 6) is 0.893. The molecule has 0 aromatic heterocycles. The molecular formula is C18H31NO3. The van der Waals surface area contributed by atoms with Crippen LogP contribution in [0.3, 0.4) is 0 Å². The fourth-order valence-corrected chi connectivity index (χ4v) is 2.17. The summed E-state index contributed by atoms with van der Waals surface area (Å²) in [6.45, 7) is 12.6. The zero-order chi connectivity index (χ0) is 16.5. The van der Waals surface area contributed by atoms with Gasteiger partial charge in [0.15, 0.2) is 0 Å². The molecule has 0 unspecified atom stereocenters. The zero-order valence-electron chi connectivity index (χ0n) is 14.6. The largest absolute Gasteiger partial charge is 0.490 e. The van der Waals surface area contributed by atoms with E-state index in [0.717, 1.165) is 36.4 Å². The minimum absolute atomic E-state index is 0.278. The summed E-state index contributed by atoms with van der Waals surface area (Å²) in [6.07, 6.45) is 0.715. The van der Waals surface area contributed by atoms with Crippen molar-refractivity contribution in [3.63, 3.8) is 0 Å². The van der Waals surface area contributed by atoms with Crippen molar-refractivity contribution in [1.82, 2.24) is 5.32 Å². The van der Waals surface area contributed by atoms with Gasteiger partial charge in [0, 0.05) is 13.2 Å². The molecule has 0 spiro atoms. The molecular weight excluding hydrogens is 278 g/mol. The number of hydrogen-bond acceptors (Lipinski definition) is 4. The molecule has 1 atom stereocenters. The first-order valence-electron chi connectivity index (χ1n) is 8.11. The van der Waals surface area contributed by atoms with Crippen molar-refractivity contribution in [1.29, 1.82) is 0 Å². The van der Waals surface area contributed by atoms with Crippen LogP contribution >= 0.6 is 0 Å². The lowest BCUT2D eigenvalue weighted by Gasteiger charge is -2.17. The monoisotopic (exact) mass is 309 g/mol. The van der Waals surface area contributed by atoms with Crippen LogP contribution in [0.15, 0.2) is 12.1 Å². The smallest absolute Gasteiger partial charge is 0.125 e. The molecule has 0 aliphatic carbocycles. The molecule has 2 N–H and O–H groups in total. The Labute approximate surface area is 134 Å². The molecule has 22 heavy (non-hydrogen) atoms.